The maximum absolute atomic E-state index is 8.83. The smallest absolute Gasteiger partial charge is 0.0951 e. The summed E-state index contributed by atoms with van der Waals surface area (Å²) in [6.07, 6.45) is 3.79. The summed E-state index contributed by atoms with van der Waals surface area (Å²) in [6.45, 7) is 4.03. The van der Waals surface area contributed by atoms with Crippen molar-refractivity contribution in [3.05, 3.63) is 12.2 Å². The number of hydrogen-bond acceptors (Lipinski definition) is 2. The summed E-state index contributed by atoms with van der Waals surface area (Å²) in [7, 11) is 0. The van der Waals surface area contributed by atoms with Gasteiger partial charge in [0.25, 0.3) is 0 Å². The van der Waals surface area contributed by atoms with Crippen LogP contribution < -0.4 is 0 Å². The summed E-state index contributed by atoms with van der Waals surface area (Å²) in [5, 5.41) is 17.2. The van der Waals surface area contributed by atoms with Crippen molar-refractivity contribution < 1.29 is 10.2 Å². The van der Waals surface area contributed by atoms with Gasteiger partial charge in [0.2, 0.25) is 0 Å². The summed E-state index contributed by atoms with van der Waals surface area (Å²) in [6, 6.07) is 0. The van der Waals surface area contributed by atoms with Crippen LogP contribution in [-0.2, 0) is 0 Å². The molecule has 2 N–H and O–H groups in total. The SMILES string of the molecule is CC(C)C/C=C/[C@H](O)CO. The van der Waals surface area contributed by atoms with E-state index in [1.54, 1.807) is 6.08 Å². The zero-order chi connectivity index (χ0) is 7.98. The Bertz CT molecular complexity index is 97.4. The molecule has 0 aliphatic heterocycles. The standard InChI is InChI=1S/C8H16O2/c1-7(2)4-3-5-8(10)6-9/h3,5,7-10H,4,6H2,1-2H3/b5-3+/t8-/m0/s1. The molecule has 0 rings (SSSR count). The summed E-state index contributed by atoms with van der Waals surface area (Å²) in [4.78, 5) is 0. The molecule has 10 heavy (non-hydrogen) atoms. The van der Waals surface area contributed by atoms with Gasteiger partial charge in [-0.2, -0.15) is 0 Å². The van der Waals surface area contributed by atoms with Crippen molar-refractivity contribution in [2.45, 2.75) is 26.4 Å². The molecule has 0 aliphatic carbocycles. The van der Waals surface area contributed by atoms with E-state index in [0.29, 0.717) is 5.92 Å². The highest BCUT2D eigenvalue weighted by molar-refractivity contribution is 4.88. The number of hydrogen-bond donors (Lipinski definition) is 2. The van der Waals surface area contributed by atoms with Gasteiger partial charge >= 0.3 is 0 Å². The molecule has 60 valence electrons. The molecular formula is C8H16O2. The fourth-order valence-electron chi connectivity index (χ4n) is 0.569. The molecule has 2 heteroatoms. The van der Waals surface area contributed by atoms with Crippen LogP contribution in [0.15, 0.2) is 12.2 Å². The summed E-state index contributed by atoms with van der Waals surface area (Å²) in [5.74, 6) is 0.613. The van der Waals surface area contributed by atoms with Gasteiger partial charge in [-0.1, -0.05) is 26.0 Å². The number of rotatable bonds is 4. The van der Waals surface area contributed by atoms with E-state index in [1.807, 2.05) is 6.08 Å². The molecule has 0 saturated carbocycles. The van der Waals surface area contributed by atoms with Gasteiger partial charge < -0.3 is 10.2 Å². The van der Waals surface area contributed by atoms with E-state index in [2.05, 4.69) is 13.8 Å². The molecule has 0 aromatic rings. The van der Waals surface area contributed by atoms with Crippen LogP contribution in [0.1, 0.15) is 20.3 Å². The lowest BCUT2D eigenvalue weighted by Crippen LogP contribution is -2.07. The van der Waals surface area contributed by atoms with Crippen molar-refractivity contribution in [2.24, 2.45) is 5.92 Å². The van der Waals surface area contributed by atoms with Gasteiger partial charge in [-0.3, -0.25) is 0 Å². The third kappa shape index (κ3) is 5.79. The Kier molecular flexibility index (Phi) is 5.26. The monoisotopic (exact) mass is 144 g/mol. The normalized spacial score (nSPS) is 14.9. The van der Waals surface area contributed by atoms with E-state index in [1.165, 1.54) is 0 Å². The van der Waals surface area contributed by atoms with Crippen molar-refractivity contribution in [3.63, 3.8) is 0 Å². The summed E-state index contributed by atoms with van der Waals surface area (Å²) >= 11 is 0. The van der Waals surface area contributed by atoms with Crippen LogP contribution >= 0.6 is 0 Å². The van der Waals surface area contributed by atoms with Gasteiger partial charge in [0.1, 0.15) is 0 Å². The van der Waals surface area contributed by atoms with Crippen LogP contribution in [0, 0.1) is 5.92 Å². The Morgan fingerprint density at radius 2 is 2.00 bits per heavy atom. The summed E-state index contributed by atoms with van der Waals surface area (Å²) in [5.41, 5.74) is 0. The Balaban J connectivity index is 3.36. The van der Waals surface area contributed by atoms with E-state index in [9.17, 15) is 0 Å². The van der Waals surface area contributed by atoms with E-state index in [4.69, 9.17) is 10.2 Å². The lowest BCUT2D eigenvalue weighted by atomic mass is 10.1. The van der Waals surface area contributed by atoms with Crippen LogP contribution in [-0.4, -0.2) is 22.9 Å². The Morgan fingerprint density at radius 3 is 2.40 bits per heavy atom. The maximum Gasteiger partial charge on any atom is 0.0951 e. The average Bonchev–Trinajstić information content (AvgIpc) is 1.87. The van der Waals surface area contributed by atoms with Gasteiger partial charge in [-0.15, -0.1) is 0 Å². The average molecular weight is 144 g/mol. The minimum Gasteiger partial charge on any atom is -0.393 e. The van der Waals surface area contributed by atoms with Crippen molar-refractivity contribution in [3.8, 4) is 0 Å². The van der Waals surface area contributed by atoms with Crippen molar-refractivity contribution in [1.82, 2.24) is 0 Å². The summed E-state index contributed by atoms with van der Waals surface area (Å²) < 4.78 is 0. The highest BCUT2D eigenvalue weighted by Crippen LogP contribution is 2.00. The molecule has 0 aromatic heterocycles. The van der Waals surface area contributed by atoms with E-state index in [-0.39, 0.29) is 6.61 Å². The first-order chi connectivity index (χ1) is 4.66. The first-order valence-corrected chi connectivity index (χ1v) is 3.62. The van der Waals surface area contributed by atoms with Crippen LogP contribution in [0.2, 0.25) is 0 Å². The zero-order valence-electron chi connectivity index (χ0n) is 6.62. The van der Waals surface area contributed by atoms with E-state index < -0.39 is 6.10 Å². The minimum absolute atomic E-state index is 0.186. The van der Waals surface area contributed by atoms with E-state index >= 15 is 0 Å². The van der Waals surface area contributed by atoms with Crippen molar-refractivity contribution in [1.29, 1.82) is 0 Å². The Hall–Kier alpha value is -0.340. The van der Waals surface area contributed by atoms with Crippen molar-refractivity contribution >= 4 is 0 Å². The molecule has 0 radical (unpaired) electrons. The predicted molar refractivity (Wildman–Crippen MR) is 41.7 cm³/mol. The maximum atomic E-state index is 8.83. The van der Waals surface area contributed by atoms with Gasteiger partial charge in [0.15, 0.2) is 0 Å². The molecule has 0 bridgehead atoms. The number of allylic oxidation sites excluding steroid dienone is 1. The molecule has 2 nitrogen and oxygen atoms in total. The number of aliphatic hydroxyl groups excluding tert-OH is 2. The zero-order valence-corrected chi connectivity index (χ0v) is 6.62. The van der Waals surface area contributed by atoms with Crippen molar-refractivity contribution in [2.75, 3.05) is 6.61 Å². The molecule has 0 heterocycles. The second kappa shape index (κ2) is 5.45. The molecule has 0 aromatic carbocycles. The van der Waals surface area contributed by atoms with Crippen LogP contribution in [0.4, 0.5) is 0 Å². The second-order valence-corrected chi connectivity index (χ2v) is 2.81. The molecule has 0 fully saturated rings. The molecule has 0 aliphatic rings. The van der Waals surface area contributed by atoms with E-state index in [0.717, 1.165) is 6.42 Å². The molecule has 1 atom stereocenters. The van der Waals surface area contributed by atoms with Gasteiger partial charge in [-0.05, 0) is 12.3 Å². The Morgan fingerprint density at radius 1 is 1.40 bits per heavy atom. The van der Waals surface area contributed by atoms with Gasteiger partial charge in [-0.25, -0.2) is 0 Å². The van der Waals surface area contributed by atoms with Gasteiger partial charge in [0.05, 0.1) is 12.7 Å². The minimum atomic E-state index is -0.682. The molecule has 0 unspecified atom stereocenters. The lowest BCUT2D eigenvalue weighted by Gasteiger charge is -1.99. The molecule has 0 saturated heterocycles. The molecule has 0 amide bonds. The van der Waals surface area contributed by atoms with Crippen LogP contribution in [0.3, 0.4) is 0 Å². The third-order valence-corrected chi connectivity index (χ3v) is 1.15. The first-order valence-electron chi connectivity index (χ1n) is 3.62. The van der Waals surface area contributed by atoms with Crippen LogP contribution in [0.5, 0.6) is 0 Å². The highest BCUT2D eigenvalue weighted by Gasteiger charge is 1.93. The molecular weight excluding hydrogens is 128 g/mol. The fourth-order valence-corrected chi connectivity index (χ4v) is 0.569. The topological polar surface area (TPSA) is 40.5 Å². The molecule has 0 spiro atoms. The fraction of sp³-hybridized carbons (Fsp3) is 0.750. The second-order valence-electron chi connectivity index (χ2n) is 2.81. The quantitative estimate of drug-likeness (QED) is 0.576. The largest absolute Gasteiger partial charge is 0.393 e. The number of aliphatic hydroxyl groups is 2. The third-order valence-electron chi connectivity index (χ3n) is 1.15. The first kappa shape index (κ1) is 9.66. The lowest BCUT2D eigenvalue weighted by molar-refractivity contribution is 0.131. The van der Waals surface area contributed by atoms with Gasteiger partial charge in [0, 0.05) is 0 Å². The Labute approximate surface area is 62.2 Å². The van der Waals surface area contributed by atoms with Crippen LogP contribution in [0.25, 0.3) is 0 Å². The highest BCUT2D eigenvalue weighted by atomic mass is 16.3. The predicted octanol–water partition coefficient (Wildman–Crippen LogP) is 0.942.